The van der Waals surface area contributed by atoms with Gasteiger partial charge in [-0.25, -0.2) is 8.42 Å². The second-order valence-electron chi connectivity index (χ2n) is 7.28. The molecule has 1 aliphatic heterocycles. The Morgan fingerprint density at radius 2 is 1.70 bits per heavy atom. The number of para-hydroxylation sites is 1. The summed E-state index contributed by atoms with van der Waals surface area (Å²) in [6.45, 7) is -0.000505. The van der Waals surface area contributed by atoms with E-state index in [2.05, 4.69) is 10.2 Å². The number of anilines is 1. The Balaban J connectivity index is 1.61. The zero-order chi connectivity index (χ0) is 20.6. The average Bonchev–Trinajstić information content (AvgIpc) is 3.27. The van der Waals surface area contributed by atoms with Crippen molar-refractivity contribution in [2.24, 2.45) is 7.05 Å². The molecule has 0 bridgehead atoms. The third-order valence-electron chi connectivity index (χ3n) is 5.66. The lowest BCUT2D eigenvalue weighted by molar-refractivity contribution is 0.592. The minimum absolute atomic E-state index is 0.000505. The molecule has 0 spiro atoms. The first kappa shape index (κ1) is 17.2. The normalized spacial score (nSPS) is 14.9. The van der Waals surface area contributed by atoms with Gasteiger partial charge in [0.25, 0.3) is 15.6 Å². The fraction of sp³-hybridized carbons (Fsp3) is 0.0952. The monoisotopic (exact) mass is 417 g/mol. The van der Waals surface area contributed by atoms with Crippen LogP contribution in [0.4, 0.5) is 5.69 Å². The van der Waals surface area contributed by atoms with E-state index in [4.69, 9.17) is 0 Å². The van der Waals surface area contributed by atoms with Crippen molar-refractivity contribution in [2.75, 3.05) is 4.31 Å². The van der Waals surface area contributed by atoms with Crippen molar-refractivity contribution in [3.63, 3.8) is 0 Å². The summed E-state index contributed by atoms with van der Waals surface area (Å²) in [5.74, 6) is 0.797. The van der Waals surface area contributed by atoms with E-state index in [0.29, 0.717) is 38.5 Å². The molecule has 0 saturated heterocycles. The van der Waals surface area contributed by atoms with E-state index < -0.39 is 10.0 Å². The highest BCUT2D eigenvalue weighted by Crippen LogP contribution is 2.42. The molecule has 0 atom stereocenters. The molecule has 0 amide bonds. The highest BCUT2D eigenvalue weighted by Gasteiger charge is 2.36. The molecule has 1 aliphatic rings. The van der Waals surface area contributed by atoms with Gasteiger partial charge in [0.1, 0.15) is 0 Å². The number of aromatic nitrogens is 4. The largest absolute Gasteiger partial charge is 0.279 e. The predicted molar refractivity (Wildman–Crippen MR) is 113 cm³/mol. The zero-order valence-electron chi connectivity index (χ0n) is 15.8. The molecule has 8 nitrogen and oxygen atoms in total. The Morgan fingerprint density at radius 3 is 2.53 bits per heavy atom. The topological polar surface area (TPSA) is 89.6 Å². The van der Waals surface area contributed by atoms with Gasteiger partial charge in [0, 0.05) is 12.4 Å². The van der Waals surface area contributed by atoms with Crippen molar-refractivity contribution in [1.82, 2.24) is 19.2 Å². The number of rotatable bonds is 2. The third-order valence-corrected chi connectivity index (χ3v) is 7.46. The lowest BCUT2D eigenvalue weighted by Crippen LogP contribution is -2.28. The van der Waals surface area contributed by atoms with Gasteiger partial charge in [-0.05, 0) is 29.7 Å². The van der Waals surface area contributed by atoms with Gasteiger partial charge in [-0.2, -0.15) is 0 Å². The highest BCUT2D eigenvalue weighted by atomic mass is 32.2. The second-order valence-corrected chi connectivity index (χ2v) is 9.11. The molecular weight excluding hydrogens is 402 g/mol. The van der Waals surface area contributed by atoms with Crippen LogP contribution in [-0.4, -0.2) is 27.6 Å². The first-order valence-corrected chi connectivity index (χ1v) is 10.8. The van der Waals surface area contributed by atoms with Crippen molar-refractivity contribution in [2.45, 2.75) is 11.4 Å². The van der Waals surface area contributed by atoms with Crippen LogP contribution < -0.4 is 9.86 Å². The number of aryl methyl sites for hydroxylation is 1. The summed E-state index contributed by atoms with van der Waals surface area (Å²) in [6, 6.07) is 18.0. The molecule has 0 N–H and O–H groups in total. The maximum atomic E-state index is 13.3. The molecule has 0 saturated carbocycles. The summed E-state index contributed by atoms with van der Waals surface area (Å²) in [4.78, 5) is 12.9. The number of hydrogen-bond donors (Lipinski definition) is 0. The number of sulfonamides is 1. The Kier molecular flexibility index (Phi) is 3.24. The first-order valence-electron chi connectivity index (χ1n) is 9.35. The fourth-order valence-electron chi connectivity index (χ4n) is 4.25. The van der Waals surface area contributed by atoms with Crippen molar-refractivity contribution in [3.8, 4) is 0 Å². The first-order chi connectivity index (χ1) is 14.5. The van der Waals surface area contributed by atoms with Crippen LogP contribution in [0, 0.1) is 0 Å². The molecule has 6 rings (SSSR count). The van der Waals surface area contributed by atoms with Crippen molar-refractivity contribution < 1.29 is 8.42 Å². The number of nitrogens with zero attached hydrogens (tertiary/aromatic N) is 5. The molecule has 0 unspecified atom stereocenters. The van der Waals surface area contributed by atoms with Crippen LogP contribution in [0.2, 0.25) is 0 Å². The Morgan fingerprint density at radius 1 is 0.933 bits per heavy atom. The molecule has 0 radical (unpaired) electrons. The molecule has 2 aromatic heterocycles. The molecule has 5 aromatic rings. The summed E-state index contributed by atoms with van der Waals surface area (Å²) in [7, 11) is -2.10. The minimum Gasteiger partial charge on any atom is -0.279 e. The van der Waals surface area contributed by atoms with Crippen LogP contribution in [0.3, 0.4) is 0 Å². The molecule has 0 fully saturated rings. The van der Waals surface area contributed by atoms with Gasteiger partial charge in [-0.15, -0.1) is 10.2 Å². The lowest BCUT2D eigenvalue weighted by atomic mass is 10.1. The zero-order valence-corrected chi connectivity index (χ0v) is 16.7. The third kappa shape index (κ3) is 2.04. The van der Waals surface area contributed by atoms with Crippen LogP contribution in [0.15, 0.2) is 70.4 Å². The van der Waals surface area contributed by atoms with Gasteiger partial charge >= 0.3 is 0 Å². The second kappa shape index (κ2) is 5.67. The summed E-state index contributed by atoms with van der Waals surface area (Å²) >= 11 is 0. The molecule has 3 aromatic carbocycles. The van der Waals surface area contributed by atoms with Gasteiger partial charge < -0.3 is 0 Å². The van der Waals surface area contributed by atoms with E-state index in [1.54, 1.807) is 41.8 Å². The smallest absolute Gasteiger partial charge is 0.265 e. The molecule has 30 heavy (non-hydrogen) atoms. The molecule has 3 heterocycles. The quantitative estimate of drug-likeness (QED) is 0.440. The van der Waals surface area contributed by atoms with Crippen LogP contribution in [0.5, 0.6) is 0 Å². The fourth-order valence-corrected chi connectivity index (χ4v) is 5.92. The average molecular weight is 417 g/mol. The standard InChI is InChI=1S/C21H15N5O3S/c1-24-20(27)14-8-2-3-9-15(14)26-18(22-23-21(24)26)12-25-16-10-4-6-13-7-5-11-17(19(13)16)30(25,28)29/h2-11H,12H2,1H3. The van der Waals surface area contributed by atoms with Crippen LogP contribution in [-0.2, 0) is 23.6 Å². The van der Waals surface area contributed by atoms with E-state index >= 15 is 0 Å². The summed E-state index contributed by atoms with van der Waals surface area (Å²) < 4.78 is 31.2. The Bertz CT molecular complexity index is 1680. The van der Waals surface area contributed by atoms with Gasteiger partial charge in [-0.3, -0.25) is 18.1 Å². The Labute approximate surface area is 170 Å². The van der Waals surface area contributed by atoms with Crippen LogP contribution >= 0.6 is 0 Å². The van der Waals surface area contributed by atoms with Crippen molar-refractivity contribution in [1.29, 1.82) is 0 Å². The van der Waals surface area contributed by atoms with E-state index in [1.165, 1.54) is 8.87 Å². The van der Waals surface area contributed by atoms with Gasteiger partial charge in [0.05, 0.1) is 28.0 Å². The van der Waals surface area contributed by atoms with Crippen LogP contribution in [0.1, 0.15) is 5.82 Å². The van der Waals surface area contributed by atoms with E-state index in [-0.39, 0.29) is 12.1 Å². The van der Waals surface area contributed by atoms with Crippen molar-refractivity contribution >= 4 is 43.2 Å². The van der Waals surface area contributed by atoms with Crippen LogP contribution in [0.25, 0.3) is 27.5 Å². The maximum Gasteiger partial charge on any atom is 0.265 e. The maximum absolute atomic E-state index is 13.3. The number of fused-ring (bicyclic) bond motifs is 3. The van der Waals surface area contributed by atoms with Gasteiger partial charge in [-0.1, -0.05) is 36.4 Å². The summed E-state index contributed by atoms with van der Waals surface area (Å²) in [5.41, 5.74) is 1.08. The van der Waals surface area contributed by atoms with Gasteiger partial charge in [0.2, 0.25) is 5.78 Å². The van der Waals surface area contributed by atoms with Crippen molar-refractivity contribution in [3.05, 3.63) is 76.8 Å². The summed E-state index contributed by atoms with van der Waals surface area (Å²) in [6.07, 6.45) is 0. The molecular formula is C21H15N5O3S. The SMILES string of the molecule is Cn1c(=O)c2ccccc2n2c(CN3c4cccc5cccc(c45)S3(=O)=O)nnc12. The molecule has 0 aliphatic carbocycles. The molecule has 9 heteroatoms. The molecule has 148 valence electrons. The van der Waals surface area contributed by atoms with E-state index in [0.717, 1.165) is 5.39 Å². The van der Waals surface area contributed by atoms with Gasteiger partial charge in [0.15, 0.2) is 5.82 Å². The summed E-state index contributed by atoms with van der Waals surface area (Å²) in [5, 5.41) is 10.5. The van der Waals surface area contributed by atoms with E-state index in [1.807, 2.05) is 30.3 Å². The minimum atomic E-state index is -3.73. The number of hydrogen-bond acceptors (Lipinski definition) is 5. The highest BCUT2D eigenvalue weighted by molar-refractivity contribution is 7.93. The number of benzene rings is 3. The lowest BCUT2D eigenvalue weighted by Gasteiger charge is -2.18. The Hall–Kier alpha value is -3.72. The van der Waals surface area contributed by atoms with E-state index in [9.17, 15) is 13.2 Å². The predicted octanol–water partition coefficient (Wildman–Crippen LogP) is 2.44.